The van der Waals surface area contributed by atoms with Gasteiger partial charge in [-0.25, -0.2) is 0 Å². The van der Waals surface area contributed by atoms with E-state index >= 15 is 0 Å². The van der Waals surface area contributed by atoms with Crippen LogP contribution >= 0.6 is 0 Å². The largest absolute Gasteiger partial charge is 0.370 e. The number of nitrogens with one attached hydrogen (secondary N) is 1. The van der Waals surface area contributed by atoms with E-state index in [-0.39, 0.29) is 11.8 Å². The van der Waals surface area contributed by atoms with Crippen molar-refractivity contribution in [3.05, 3.63) is 0 Å². The number of primary amides is 1. The maximum atomic E-state index is 11.9. The van der Waals surface area contributed by atoms with Crippen LogP contribution in [0.5, 0.6) is 0 Å². The van der Waals surface area contributed by atoms with Crippen molar-refractivity contribution in [2.24, 2.45) is 5.73 Å². The highest BCUT2D eigenvalue weighted by Gasteiger charge is 2.01. The molecule has 202 valence electrons. The quantitative estimate of drug-likeness (QED) is 0.110. The minimum absolute atomic E-state index is 0.167. The van der Waals surface area contributed by atoms with E-state index in [1.54, 1.807) is 0 Å². The lowest BCUT2D eigenvalue weighted by molar-refractivity contribution is -0.121. The molecule has 0 aromatic heterocycles. The van der Waals surface area contributed by atoms with E-state index in [9.17, 15) is 9.59 Å². The highest BCUT2D eigenvalue weighted by Crippen LogP contribution is 2.13. The van der Waals surface area contributed by atoms with Gasteiger partial charge in [-0.1, -0.05) is 142 Å². The fourth-order valence-electron chi connectivity index (χ4n) is 4.63. The number of hydrogen-bond acceptors (Lipinski definition) is 2. The van der Waals surface area contributed by atoms with Crippen molar-refractivity contribution in [1.82, 2.24) is 5.32 Å². The number of unbranched alkanes of at least 4 members (excludes halogenated alkanes) is 22. The van der Waals surface area contributed by atoms with Crippen LogP contribution in [0, 0.1) is 0 Å². The molecule has 0 aliphatic heterocycles. The summed E-state index contributed by atoms with van der Waals surface area (Å²) < 4.78 is 0. The number of amides is 2. The van der Waals surface area contributed by atoms with Gasteiger partial charge in [0.25, 0.3) is 0 Å². The smallest absolute Gasteiger partial charge is 0.219 e. The second kappa shape index (κ2) is 28.2. The van der Waals surface area contributed by atoms with E-state index < -0.39 is 0 Å². The summed E-state index contributed by atoms with van der Waals surface area (Å²) in [6.07, 6.45) is 32.3. The Morgan fingerprint density at radius 1 is 0.471 bits per heavy atom. The molecule has 0 aromatic carbocycles. The third-order valence-corrected chi connectivity index (χ3v) is 6.93. The SMILES string of the molecule is CCCCCCCCCCCCCC(=O)NCCCCCCCCCCCCCCCC(N)=O. The molecule has 0 heterocycles. The standard InChI is InChI=1S/C30H60N2O2/c1-2-3-4-5-6-7-11-15-18-21-24-27-30(34)32-28-25-22-19-16-13-10-8-9-12-14-17-20-23-26-29(31)33/h2-28H2,1H3,(H2,31,33)(H,32,34). The van der Waals surface area contributed by atoms with Crippen LogP contribution in [-0.4, -0.2) is 18.4 Å². The van der Waals surface area contributed by atoms with E-state index in [0.29, 0.717) is 12.8 Å². The summed E-state index contributed by atoms with van der Waals surface area (Å²) in [6, 6.07) is 0. The molecule has 0 saturated carbocycles. The summed E-state index contributed by atoms with van der Waals surface area (Å²) in [5, 5.41) is 3.11. The lowest BCUT2D eigenvalue weighted by Crippen LogP contribution is -2.23. The second-order valence-electron chi connectivity index (χ2n) is 10.4. The first-order valence-electron chi connectivity index (χ1n) is 15.2. The lowest BCUT2D eigenvalue weighted by atomic mass is 10.0. The number of nitrogens with two attached hydrogens (primary N) is 1. The van der Waals surface area contributed by atoms with Crippen LogP contribution in [0.4, 0.5) is 0 Å². The fraction of sp³-hybridized carbons (Fsp3) is 0.933. The van der Waals surface area contributed by atoms with Crippen molar-refractivity contribution in [3.63, 3.8) is 0 Å². The average molecular weight is 481 g/mol. The van der Waals surface area contributed by atoms with Crippen LogP contribution in [0.25, 0.3) is 0 Å². The Hall–Kier alpha value is -1.06. The molecule has 0 aliphatic rings. The normalized spacial score (nSPS) is 11.1. The molecule has 0 aromatic rings. The Labute approximate surface area is 213 Å². The summed E-state index contributed by atoms with van der Waals surface area (Å²) >= 11 is 0. The zero-order chi connectivity index (χ0) is 25.0. The first-order valence-corrected chi connectivity index (χ1v) is 15.2. The van der Waals surface area contributed by atoms with Crippen molar-refractivity contribution < 1.29 is 9.59 Å². The maximum absolute atomic E-state index is 11.9. The molecule has 0 atom stereocenters. The van der Waals surface area contributed by atoms with Crippen LogP contribution in [0.3, 0.4) is 0 Å². The van der Waals surface area contributed by atoms with Crippen LogP contribution < -0.4 is 11.1 Å². The number of hydrogen-bond donors (Lipinski definition) is 2. The van der Waals surface area contributed by atoms with E-state index in [0.717, 1.165) is 32.2 Å². The molecule has 0 spiro atoms. The second-order valence-corrected chi connectivity index (χ2v) is 10.4. The van der Waals surface area contributed by atoms with Gasteiger partial charge in [0.1, 0.15) is 0 Å². The monoisotopic (exact) mass is 480 g/mol. The predicted octanol–water partition coefficient (Wildman–Crippen LogP) is 8.75. The topological polar surface area (TPSA) is 72.2 Å². The molecule has 3 N–H and O–H groups in total. The summed E-state index contributed by atoms with van der Waals surface area (Å²) in [6.45, 7) is 3.13. The third kappa shape index (κ3) is 29.0. The summed E-state index contributed by atoms with van der Waals surface area (Å²) in [7, 11) is 0. The molecule has 0 rings (SSSR count). The van der Waals surface area contributed by atoms with Crippen LogP contribution in [0.15, 0.2) is 0 Å². The molecule has 0 radical (unpaired) electrons. The molecule has 0 unspecified atom stereocenters. The van der Waals surface area contributed by atoms with Crippen molar-refractivity contribution in [3.8, 4) is 0 Å². The van der Waals surface area contributed by atoms with Gasteiger partial charge >= 0.3 is 0 Å². The molecular formula is C30H60N2O2. The predicted molar refractivity (Wildman–Crippen MR) is 148 cm³/mol. The minimum atomic E-state index is -0.167. The number of rotatable bonds is 28. The van der Waals surface area contributed by atoms with E-state index in [1.807, 2.05) is 0 Å². The van der Waals surface area contributed by atoms with Crippen molar-refractivity contribution in [1.29, 1.82) is 0 Å². The van der Waals surface area contributed by atoms with Crippen molar-refractivity contribution >= 4 is 11.8 Å². The van der Waals surface area contributed by atoms with Gasteiger partial charge in [0.05, 0.1) is 0 Å². The van der Waals surface area contributed by atoms with Gasteiger partial charge in [-0.3, -0.25) is 9.59 Å². The maximum Gasteiger partial charge on any atom is 0.219 e. The molecular weight excluding hydrogens is 420 g/mol. The molecule has 0 aliphatic carbocycles. The fourth-order valence-corrected chi connectivity index (χ4v) is 4.63. The summed E-state index contributed by atoms with van der Waals surface area (Å²) in [5.41, 5.74) is 5.15. The molecule has 0 bridgehead atoms. The van der Waals surface area contributed by atoms with Gasteiger partial charge in [-0.15, -0.1) is 0 Å². The highest BCUT2D eigenvalue weighted by molar-refractivity contribution is 5.75. The lowest BCUT2D eigenvalue weighted by Gasteiger charge is -2.06. The van der Waals surface area contributed by atoms with E-state index in [2.05, 4.69) is 12.2 Å². The molecule has 4 heteroatoms. The van der Waals surface area contributed by atoms with Gasteiger partial charge in [0.2, 0.25) is 11.8 Å². The summed E-state index contributed by atoms with van der Waals surface area (Å²) in [5.74, 6) is 0.0864. The van der Waals surface area contributed by atoms with Crippen molar-refractivity contribution in [2.75, 3.05) is 6.54 Å². The van der Waals surface area contributed by atoms with Crippen LogP contribution in [0.2, 0.25) is 0 Å². The molecule has 34 heavy (non-hydrogen) atoms. The Morgan fingerprint density at radius 2 is 0.794 bits per heavy atom. The minimum Gasteiger partial charge on any atom is -0.370 e. The number of carbonyl (C=O) groups excluding carboxylic acids is 2. The zero-order valence-electron chi connectivity index (χ0n) is 23.0. The van der Waals surface area contributed by atoms with Crippen LogP contribution in [0.1, 0.15) is 174 Å². The number of carbonyl (C=O) groups is 2. The van der Waals surface area contributed by atoms with Crippen LogP contribution in [-0.2, 0) is 9.59 Å². The van der Waals surface area contributed by atoms with E-state index in [1.165, 1.54) is 128 Å². The van der Waals surface area contributed by atoms with Gasteiger partial charge in [0.15, 0.2) is 0 Å². The Balaban J connectivity index is 3.15. The Bertz CT molecular complexity index is 440. The molecule has 4 nitrogen and oxygen atoms in total. The Morgan fingerprint density at radius 3 is 1.18 bits per heavy atom. The van der Waals surface area contributed by atoms with Gasteiger partial charge in [0, 0.05) is 19.4 Å². The average Bonchev–Trinajstić information content (AvgIpc) is 2.82. The zero-order valence-corrected chi connectivity index (χ0v) is 23.0. The first kappa shape index (κ1) is 32.9. The van der Waals surface area contributed by atoms with Crippen molar-refractivity contribution in [2.45, 2.75) is 174 Å². The first-order chi connectivity index (χ1) is 16.7. The summed E-state index contributed by atoms with van der Waals surface area (Å²) in [4.78, 5) is 22.6. The van der Waals surface area contributed by atoms with Gasteiger partial charge < -0.3 is 11.1 Å². The molecule has 0 fully saturated rings. The van der Waals surface area contributed by atoms with Gasteiger partial charge in [-0.05, 0) is 19.3 Å². The molecule has 0 saturated heterocycles. The van der Waals surface area contributed by atoms with E-state index in [4.69, 9.17) is 5.73 Å². The molecule has 2 amide bonds. The third-order valence-electron chi connectivity index (χ3n) is 6.93. The highest BCUT2D eigenvalue weighted by atomic mass is 16.1. The van der Waals surface area contributed by atoms with Gasteiger partial charge in [-0.2, -0.15) is 0 Å². The Kier molecular flexibility index (Phi) is 27.3.